The van der Waals surface area contributed by atoms with E-state index in [1.54, 1.807) is 18.2 Å². The molecular weight excluding hydrogens is 316 g/mol. The summed E-state index contributed by atoms with van der Waals surface area (Å²) < 4.78 is 27.3. The van der Waals surface area contributed by atoms with Crippen molar-refractivity contribution < 1.29 is 18.3 Å². The summed E-state index contributed by atoms with van der Waals surface area (Å²) in [6, 6.07) is 4.59. The topological polar surface area (TPSA) is 99.3 Å². The zero-order chi connectivity index (χ0) is 15.2. The molecule has 0 unspecified atom stereocenters. The van der Waals surface area contributed by atoms with E-state index in [1.807, 2.05) is 0 Å². The van der Waals surface area contributed by atoms with Gasteiger partial charge in [-0.15, -0.1) is 0 Å². The predicted octanol–water partition coefficient (Wildman–Crippen LogP) is 1.96. The number of fused-ring (bicyclic) bond motifs is 1. The molecule has 6 nitrogen and oxygen atoms in total. The van der Waals surface area contributed by atoms with Gasteiger partial charge in [0.25, 0.3) is 0 Å². The Morgan fingerprint density at radius 2 is 2.10 bits per heavy atom. The molecule has 8 heteroatoms. The van der Waals surface area contributed by atoms with Gasteiger partial charge in [0, 0.05) is 28.2 Å². The van der Waals surface area contributed by atoms with Crippen molar-refractivity contribution in [2.45, 2.75) is 23.8 Å². The summed E-state index contributed by atoms with van der Waals surface area (Å²) in [6.45, 7) is 0. The number of carboxylic acids is 1. The molecule has 1 aromatic carbocycles. The van der Waals surface area contributed by atoms with Crippen LogP contribution in [0.15, 0.2) is 29.3 Å². The number of carbonyl (C=O) groups is 1. The lowest BCUT2D eigenvalue weighted by molar-refractivity contribution is -0.145. The Kier molecular flexibility index (Phi) is 3.43. The molecule has 1 aliphatic carbocycles. The van der Waals surface area contributed by atoms with Crippen molar-refractivity contribution in [1.29, 1.82) is 0 Å². The summed E-state index contributed by atoms with van der Waals surface area (Å²) in [5.74, 6) is -1.34. The minimum atomic E-state index is -3.68. The summed E-state index contributed by atoms with van der Waals surface area (Å²) in [4.78, 5) is 13.8. The van der Waals surface area contributed by atoms with E-state index in [-0.39, 0.29) is 10.9 Å². The highest BCUT2D eigenvalue weighted by Gasteiger charge is 2.37. The number of aromatic amines is 1. The molecule has 1 aromatic heterocycles. The van der Waals surface area contributed by atoms with Crippen molar-refractivity contribution in [3.05, 3.63) is 29.4 Å². The van der Waals surface area contributed by atoms with Crippen molar-refractivity contribution in [2.75, 3.05) is 0 Å². The Balaban J connectivity index is 1.83. The van der Waals surface area contributed by atoms with Crippen molar-refractivity contribution >= 4 is 38.5 Å². The van der Waals surface area contributed by atoms with E-state index in [1.165, 1.54) is 6.20 Å². The quantitative estimate of drug-likeness (QED) is 0.798. The summed E-state index contributed by atoms with van der Waals surface area (Å²) >= 11 is 5.86. The molecule has 1 saturated carbocycles. The molecule has 2 aromatic rings. The monoisotopic (exact) mass is 328 g/mol. The van der Waals surface area contributed by atoms with Gasteiger partial charge >= 0.3 is 5.97 Å². The fourth-order valence-electron chi connectivity index (χ4n) is 2.49. The number of benzene rings is 1. The van der Waals surface area contributed by atoms with Gasteiger partial charge < -0.3 is 10.1 Å². The van der Waals surface area contributed by atoms with Crippen molar-refractivity contribution in [1.82, 2.24) is 9.71 Å². The molecule has 21 heavy (non-hydrogen) atoms. The zero-order valence-electron chi connectivity index (χ0n) is 10.8. The molecule has 0 amide bonds. The van der Waals surface area contributed by atoms with E-state index in [2.05, 4.69) is 9.71 Å². The van der Waals surface area contributed by atoms with E-state index in [4.69, 9.17) is 16.7 Å². The molecule has 1 aliphatic rings. The van der Waals surface area contributed by atoms with Gasteiger partial charge in [-0.25, -0.2) is 13.1 Å². The van der Waals surface area contributed by atoms with Crippen LogP contribution in [0.1, 0.15) is 12.8 Å². The van der Waals surface area contributed by atoms with Crippen LogP contribution in [0.3, 0.4) is 0 Å². The molecule has 1 heterocycles. The molecular formula is C13H13ClN2O4S. The van der Waals surface area contributed by atoms with E-state index in [0.717, 1.165) is 0 Å². The summed E-state index contributed by atoms with van der Waals surface area (Å²) in [6.07, 6.45) is 2.06. The summed E-state index contributed by atoms with van der Waals surface area (Å²) in [5, 5.41) is 9.88. The molecule has 0 spiro atoms. The van der Waals surface area contributed by atoms with Crippen LogP contribution in [0.25, 0.3) is 10.9 Å². The average molecular weight is 329 g/mol. The number of aromatic nitrogens is 1. The van der Waals surface area contributed by atoms with Crippen LogP contribution in [0.5, 0.6) is 0 Å². The number of aliphatic carboxylic acids is 1. The lowest BCUT2D eigenvalue weighted by Crippen LogP contribution is -2.46. The molecule has 0 radical (unpaired) electrons. The average Bonchev–Trinajstić information content (AvgIpc) is 2.76. The first kappa shape index (κ1) is 14.4. The largest absolute Gasteiger partial charge is 0.481 e. The lowest BCUT2D eigenvalue weighted by Gasteiger charge is -2.32. The molecule has 112 valence electrons. The SMILES string of the molecule is O=C(O)C1CC(NS(=O)(=O)c2c[nH]c3cc(Cl)ccc23)C1. The Labute approximate surface area is 126 Å². The number of nitrogens with one attached hydrogen (secondary N) is 2. The summed E-state index contributed by atoms with van der Waals surface area (Å²) in [7, 11) is -3.68. The number of sulfonamides is 1. The highest BCUT2D eigenvalue weighted by molar-refractivity contribution is 7.89. The zero-order valence-corrected chi connectivity index (χ0v) is 12.4. The van der Waals surface area contributed by atoms with Crippen LogP contribution < -0.4 is 4.72 Å². The van der Waals surface area contributed by atoms with E-state index >= 15 is 0 Å². The first-order chi connectivity index (χ1) is 9.87. The Hall–Kier alpha value is -1.57. The molecule has 3 rings (SSSR count). The molecule has 0 atom stereocenters. The van der Waals surface area contributed by atoms with E-state index in [9.17, 15) is 13.2 Å². The Morgan fingerprint density at radius 3 is 2.76 bits per heavy atom. The second-order valence-electron chi connectivity index (χ2n) is 5.17. The smallest absolute Gasteiger partial charge is 0.306 e. The van der Waals surface area contributed by atoms with Gasteiger partial charge in [0.15, 0.2) is 0 Å². The van der Waals surface area contributed by atoms with E-state index in [0.29, 0.717) is 28.8 Å². The first-order valence-electron chi connectivity index (χ1n) is 6.38. The fourth-order valence-corrected chi connectivity index (χ4v) is 4.10. The van der Waals surface area contributed by atoms with Crippen molar-refractivity contribution in [2.24, 2.45) is 5.92 Å². The second-order valence-corrected chi connectivity index (χ2v) is 7.29. The summed E-state index contributed by atoms with van der Waals surface area (Å²) in [5.41, 5.74) is 0.639. The number of hydrogen-bond acceptors (Lipinski definition) is 3. The standard InChI is InChI=1S/C13H13ClN2O4S/c14-8-1-2-10-11(5-8)15-6-12(10)21(19,20)16-9-3-7(4-9)13(17)18/h1-2,5-7,9,15-16H,3-4H2,(H,17,18). The highest BCUT2D eigenvalue weighted by atomic mass is 35.5. The van der Waals surface area contributed by atoms with Crippen LogP contribution in [0.4, 0.5) is 0 Å². The fraction of sp³-hybridized carbons (Fsp3) is 0.308. The van der Waals surface area contributed by atoms with Crippen LogP contribution in [0.2, 0.25) is 5.02 Å². The number of H-pyrrole nitrogens is 1. The van der Waals surface area contributed by atoms with E-state index < -0.39 is 21.9 Å². The van der Waals surface area contributed by atoms with Crippen molar-refractivity contribution in [3.8, 4) is 0 Å². The maximum absolute atomic E-state index is 12.4. The van der Waals surface area contributed by atoms with Gasteiger partial charge in [-0.05, 0) is 31.0 Å². The maximum atomic E-state index is 12.4. The molecule has 3 N–H and O–H groups in total. The maximum Gasteiger partial charge on any atom is 0.306 e. The van der Waals surface area contributed by atoms with Crippen LogP contribution in [-0.2, 0) is 14.8 Å². The van der Waals surface area contributed by atoms with Gasteiger partial charge in [-0.3, -0.25) is 4.79 Å². The highest BCUT2D eigenvalue weighted by Crippen LogP contribution is 2.30. The first-order valence-corrected chi connectivity index (χ1v) is 8.25. The number of hydrogen-bond donors (Lipinski definition) is 3. The van der Waals surface area contributed by atoms with Gasteiger partial charge in [0.2, 0.25) is 10.0 Å². The normalized spacial score (nSPS) is 22.1. The van der Waals surface area contributed by atoms with Crippen LogP contribution in [0, 0.1) is 5.92 Å². The van der Waals surface area contributed by atoms with Gasteiger partial charge in [0.05, 0.1) is 5.92 Å². The minimum absolute atomic E-state index is 0.146. The van der Waals surface area contributed by atoms with Gasteiger partial charge in [-0.2, -0.15) is 0 Å². The number of halogens is 1. The minimum Gasteiger partial charge on any atom is -0.481 e. The third-order valence-corrected chi connectivity index (χ3v) is 5.50. The molecule has 0 bridgehead atoms. The van der Waals surface area contributed by atoms with Crippen molar-refractivity contribution in [3.63, 3.8) is 0 Å². The van der Waals surface area contributed by atoms with Gasteiger partial charge in [0.1, 0.15) is 4.90 Å². The number of carboxylic acid groups (broad SMARTS) is 1. The molecule has 1 fully saturated rings. The third kappa shape index (κ3) is 2.64. The third-order valence-electron chi connectivity index (χ3n) is 3.70. The molecule has 0 aliphatic heterocycles. The number of rotatable bonds is 4. The van der Waals surface area contributed by atoms with Crippen LogP contribution in [-0.4, -0.2) is 30.5 Å². The predicted molar refractivity (Wildman–Crippen MR) is 77.8 cm³/mol. The second kappa shape index (κ2) is 5.01. The Bertz CT molecular complexity index is 809. The van der Waals surface area contributed by atoms with Crippen LogP contribution >= 0.6 is 11.6 Å². The molecule has 0 saturated heterocycles. The lowest BCUT2D eigenvalue weighted by atomic mass is 9.81. The van der Waals surface area contributed by atoms with Gasteiger partial charge in [-0.1, -0.05) is 11.6 Å². The Morgan fingerprint density at radius 1 is 1.38 bits per heavy atom.